The van der Waals surface area contributed by atoms with E-state index in [1.165, 1.54) is 56.6 Å². The van der Waals surface area contributed by atoms with Crippen LogP contribution in [0, 0.1) is 0 Å². The molecule has 0 spiro atoms. The predicted molar refractivity (Wildman–Crippen MR) is 165 cm³/mol. The van der Waals surface area contributed by atoms with Crippen molar-refractivity contribution in [3.63, 3.8) is 0 Å². The molecule has 0 aliphatic heterocycles. The highest BCUT2D eigenvalue weighted by molar-refractivity contribution is 8.13. The summed E-state index contributed by atoms with van der Waals surface area (Å²) in [5.74, 6) is 0. The van der Waals surface area contributed by atoms with Crippen LogP contribution in [0.15, 0.2) is 53.8 Å². The number of isocyanates is 1. The van der Waals surface area contributed by atoms with E-state index in [-0.39, 0.29) is 0 Å². The second-order valence-electron chi connectivity index (χ2n) is 10.3. The number of hydrogen-bond acceptors (Lipinski definition) is 8. The summed E-state index contributed by atoms with van der Waals surface area (Å²) in [5, 5.41) is 2.66. The highest BCUT2D eigenvalue weighted by Crippen LogP contribution is 2.36. The van der Waals surface area contributed by atoms with Gasteiger partial charge in [0, 0.05) is 23.7 Å². The number of amides is 1. The molecule has 1 N–H and O–H groups in total. The van der Waals surface area contributed by atoms with E-state index in [0.717, 1.165) is 36.4 Å². The van der Waals surface area contributed by atoms with Crippen molar-refractivity contribution in [1.29, 1.82) is 0 Å². The summed E-state index contributed by atoms with van der Waals surface area (Å²) in [6, 6.07) is 11.0. The third-order valence-corrected chi connectivity index (χ3v) is 9.09. The minimum atomic E-state index is -6.72. The minimum Gasteiger partial charge on any atom is -0.449 e. The first-order valence-electron chi connectivity index (χ1n) is 14.9. The van der Waals surface area contributed by atoms with E-state index in [1.807, 2.05) is 0 Å². The average Bonchev–Trinajstić information content (AvgIpc) is 2.98. The van der Waals surface area contributed by atoms with Crippen molar-refractivity contribution >= 4 is 43.6 Å². The molecule has 19 heteroatoms. The molecule has 0 aliphatic carbocycles. The number of sulfonamides is 2. The van der Waals surface area contributed by atoms with Crippen molar-refractivity contribution in [3.8, 4) is 0 Å². The molecule has 0 bridgehead atoms. The lowest BCUT2D eigenvalue weighted by atomic mass is 10.1. The SMILES string of the molecule is CCCCCCCCc1ccc[n+](CCCCCCOC(=O)Nc2ccc(N=C=O)cc2)c1.O=S(=O)([N-]S(=O)(=O)C(F)(F)F)C(F)(F)F. The van der Waals surface area contributed by atoms with Gasteiger partial charge in [-0.15, -0.1) is 0 Å². The van der Waals surface area contributed by atoms with Crippen LogP contribution in [0.5, 0.6) is 0 Å². The molecule has 0 radical (unpaired) electrons. The lowest BCUT2D eigenvalue weighted by Gasteiger charge is -2.22. The molecule has 1 amide bonds. The Bertz CT molecular complexity index is 1490. The van der Waals surface area contributed by atoms with Crippen molar-refractivity contribution in [2.45, 2.75) is 95.1 Å². The summed E-state index contributed by atoms with van der Waals surface area (Å²) in [6.07, 6.45) is 18.7. The van der Waals surface area contributed by atoms with Crippen LogP contribution in [0.2, 0.25) is 0 Å². The first kappa shape index (κ1) is 42.5. The third-order valence-electron chi connectivity index (χ3n) is 6.35. The molecule has 1 aromatic heterocycles. The number of benzene rings is 1. The van der Waals surface area contributed by atoms with Gasteiger partial charge in [-0.05, 0) is 62.4 Å². The van der Waals surface area contributed by atoms with Crippen molar-refractivity contribution < 1.29 is 62.1 Å². The van der Waals surface area contributed by atoms with Crippen LogP contribution in [-0.2, 0) is 42.5 Å². The fraction of sp³-hybridized carbons (Fsp3) is 0.552. The van der Waals surface area contributed by atoms with Crippen molar-refractivity contribution in [3.05, 3.63) is 58.5 Å². The second-order valence-corrected chi connectivity index (χ2v) is 13.7. The molecule has 0 unspecified atom stereocenters. The molecule has 48 heavy (non-hydrogen) atoms. The normalized spacial score (nSPS) is 12.0. The molecule has 0 fully saturated rings. The lowest BCUT2D eigenvalue weighted by Crippen LogP contribution is -2.33. The maximum absolute atomic E-state index is 11.8. The van der Waals surface area contributed by atoms with Crippen LogP contribution < -0.4 is 9.88 Å². The number of anilines is 1. The van der Waals surface area contributed by atoms with Crippen LogP contribution in [0.3, 0.4) is 0 Å². The minimum absolute atomic E-state index is 0.403. The zero-order chi connectivity index (χ0) is 36.3. The molecule has 0 aliphatic rings. The molecule has 2 aromatic rings. The maximum Gasteiger partial charge on any atom is 0.480 e. The summed E-state index contributed by atoms with van der Waals surface area (Å²) in [5.41, 5.74) is -9.89. The Morgan fingerprint density at radius 1 is 0.854 bits per heavy atom. The molecular weight excluding hydrogens is 694 g/mol. The molecule has 0 saturated heterocycles. The first-order valence-corrected chi connectivity index (χ1v) is 17.8. The van der Waals surface area contributed by atoms with Gasteiger partial charge in [0.05, 0.1) is 12.3 Å². The van der Waals surface area contributed by atoms with Crippen LogP contribution >= 0.6 is 0 Å². The largest absolute Gasteiger partial charge is 0.480 e. The number of rotatable bonds is 18. The van der Waals surface area contributed by atoms with Gasteiger partial charge in [-0.25, -0.2) is 31.0 Å². The van der Waals surface area contributed by atoms with E-state index < -0.39 is 37.2 Å². The van der Waals surface area contributed by atoms with Crippen LogP contribution in [-0.4, -0.2) is 46.6 Å². The van der Waals surface area contributed by atoms with Crippen molar-refractivity contribution in [2.75, 3.05) is 11.9 Å². The molecule has 1 heterocycles. The molecule has 0 atom stereocenters. The van der Waals surface area contributed by atoms with Gasteiger partial charge in [0.2, 0.25) is 6.08 Å². The van der Waals surface area contributed by atoms with Gasteiger partial charge in [0.1, 0.15) is 6.54 Å². The Morgan fingerprint density at radius 2 is 1.42 bits per heavy atom. The monoisotopic (exact) mass is 732 g/mol. The number of aliphatic imine (C=N–C) groups is 1. The fourth-order valence-electron chi connectivity index (χ4n) is 3.93. The molecule has 0 saturated carbocycles. The van der Waals surface area contributed by atoms with Gasteiger partial charge < -0.3 is 8.86 Å². The number of nitrogens with zero attached hydrogens (tertiary/aromatic N) is 3. The Kier molecular flexibility index (Phi) is 18.4. The summed E-state index contributed by atoms with van der Waals surface area (Å²) in [6.45, 7) is 3.68. The van der Waals surface area contributed by atoms with Crippen LogP contribution in [0.1, 0.15) is 76.7 Å². The fourth-order valence-corrected chi connectivity index (χ4v) is 5.64. The summed E-state index contributed by atoms with van der Waals surface area (Å²) < 4.78 is 117. The molecule has 270 valence electrons. The highest BCUT2D eigenvalue weighted by Gasteiger charge is 2.46. The number of unbranched alkanes of at least 4 members (excludes halogenated alkanes) is 8. The number of pyridine rings is 1. The van der Waals surface area contributed by atoms with Gasteiger partial charge in [-0.2, -0.15) is 31.3 Å². The number of carbonyl (C=O) groups excluding carboxylic acids is 2. The number of alkyl halides is 6. The van der Waals surface area contributed by atoms with E-state index in [0.29, 0.717) is 18.0 Å². The number of ether oxygens (including phenoxy) is 1. The number of halogens is 6. The van der Waals surface area contributed by atoms with E-state index >= 15 is 0 Å². The van der Waals surface area contributed by atoms with Crippen LogP contribution in [0.25, 0.3) is 4.13 Å². The lowest BCUT2D eigenvalue weighted by molar-refractivity contribution is -0.697. The molecule has 2 rings (SSSR count). The first-order chi connectivity index (χ1) is 22.4. The molecule has 11 nitrogen and oxygen atoms in total. The molecule has 1 aromatic carbocycles. The number of aryl methyl sites for hydroxylation is 2. The Morgan fingerprint density at radius 3 is 2.00 bits per heavy atom. The number of nitrogens with one attached hydrogen (secondary N) is 1. The van der Waals surface area contributed by atoms with E-state index in [1.54, 1.807) is 24.3 Å². The van der Waals surface area contributed by atoms with Gasteiger partial charge in [0.25, 0.3) is 0 Å². The topological polar surface area (TPSA) is 154 Å². The Labute approximate surface area is 275 Å². The average molecular weight is 733 g/mol. The Balaban J connectivity index is 0.000000646. The second kappa shape index (κ2) is 20.7. The van der Waals surface area contributed by atoms with Crippen LogP contribution in [0.4, 0.5) is 42.5 Å². The Hall–Kier alpha value is -3.54. The van der Waals surface area contributed by atoms with Gasteiger partial charge in [-0.1, -0.05) is 39.0 Å². The predicted octanol–water partition coefficient (Wildman–Crippen LogP) is 7.71. The number of aromatic nitrogens is 1. The van der Waals surface area contributed by atoms with Gasteiger partial charge in [0.15, 0.2) is 32.4 Å². The standard InChI is InChI=1S/C27H37N3O3.C2F6NO4S2/c1-2-3-4-5-6-9-13-24-14-12-20-30(22-24)19-10-7-8-11-21-33-27(32)29-26-17-15-25(16-18-26)28-23-31;3-1(4,5)14(10,11)9-15(12,13)2(6,7)8/h12,14-18,20,22H,2-11,13,19,21H2,1H3;/q;-1/p+1. The van der Waals surface area contributed by atoms with Gasteiger partial charge in [-0.3, -0.25) is 5.32 Å². The highest BCUT2D eigenvalue weighted by atomic mass is 32.3. The summed E-state index contributed by atoms with van der Waals surface area (Å²) in [7, 11) is -13.4. The van der Waals surface area contributed by atoms with Crippen molar-refractivity contribution in [2.24, 2.45) is 4.99 Å². The zero-order valence-corrected chi connectivity index (χ0v) is 27.7. The van der Waals surface area contributed by atoms with E-state index in [9.17, 15) is 52.8 Å². The van der Waals surface area contributed by atoms with Crippen molar-refractivity contribution in [1.82, 2.24) is 0 Å². The molecular formula is C29H38F6N4O7S2. The van der Waals surface area contributed by atoms with E-state index in [4.69, 9.17) is 4.74 Å². The number of hydrogen-bond donors (Lipinski definition) is 1. The maximum atomic E-state index is 11.8. The summed E-state index contributed by atoms with van der Waals surface area (Å²) >= 11 is 0. The smallest absolute Gasteiger partial charge is 0.449 e. The quantitative estimate of drug-likeness (QED) is 0.0541. The van der Waals surface area contributed by atoms with Gasteiger partial charge >= 0.3 is 17.1 Å². The third kappa shape index (κ3) is 17.0. The number of carbonyl (C=O) groups is 1. The zero-order valence-electron chi connectivity index (χ0n) is 26.1. The van der Waals surface area contributed by atoms with E-state index in [2.05, 4.69) is 46.3 Å². The summed E-state index contributed by atoms with van der Waals surface area (Å²) in [4.78, 5) is 25.6.